The van der Waals surface area contributed by atoms with E-state index in [2.05, 4.69) is 0 Å². The minimum absolute atomic E-state index is 0.0286. The van der Waals surface area contributed by atoms with E-state index in [1.54, 1.807) is 15.9 Å². The lowest BCUT2D eigenvalue weighted by atomic mass is 10.1. The van der Waals surface area contributed by atoms with Crippen molar-refractivity contribution in [2.75, 3.05) is 31.9 Å². The number of nitrogens with zero attached hydrogens (tertiary/aromatic N) is 2. The van der Waals surface area contributed by atoms with Gasteiger partial charge in [-0.1, -0.05) is 23.8 Å². The maximum atomic E-state index is 14.1. The van der Waals surface area contributed by atoms with Gasteiger partial charge < -0.3 is 9.80 Å². The molecule has 2 amide bonds. The largest absolute Gasteiger partial charge is 0.338 e. The van der Waals surface area contributed by atoms with Gasteiger partial charge in [0.15, 0.2) is 5.78 Å². The number of carbonyl (C=O) groups excluding carboxylic acids is 3. The van der Waals surface area contributed by atoms with Crippen LogP contribution < -0.4 is 0 Å². The fourth-order valence-electron chi connectivity index (χ4n) is 3.11. The second kappa shape index (κ2) is 9.22. The lowest BCUT2D eigenvalue weighted by Crippen LogP contribution is -2.51. The number of rotatable bonds is 5. The maximum absolute atomic E-state index is 14.1. The Labute approximate surface area is 173 Å². The first-order valence-corrected chi connectivity index (χ1v) is 10.4. The van der Waals surface area contributed by atoms with Crippen LogP contribution in [0.3, 0.4) is 0 Å². The third-order valence-electron chi connectivity index (χ3n) is 4.91. The summed E-state index contributed by atoms with van der Waals surface area (Å²) in [4.78, 5) is 40.1. The molecular weight excluding hydrogens is 391 g/mol. The first-order chi connectivity index (χ1) is 13.8. The average molecular weight is 415 g/mol. The van der Waals surface area contributed by atoms with Crippen LogP contribution in [0, 0.1) is 12.7 Å². The molecule has 0 bridgehead atoms. The number of hydrogen-bond donors (Lipinski definition) is 0. The third kappa shape index (κ3) is 5.23. The minimum atomic E-state index is -0.496. The number of aryl methyl sites for hydroxylation is 1. The first-order valence-electron chi connectivity index (χ1n) is 9.42. The highest BCUT2D eigenvalue weighted by Gasteiger charge is 2.25. The fraction of sp³-hybridized carbons (Fsp3) is 0.318. The summed E-state index contributed by atoms with van der Waals surface area (Å²) in [5, 5.41) is 0. The number of thioether (sulfide) groups is 1. The monoisotopic (exact) mass is 414 g/mol. The van der Waals surface area contributed by atoms with Gasteiger partial charge in [0.2, 0.25) is 5.91 Å². The zero-order chi connectivity index (χ0) is 21.0. The van der Waals surface area contributed by atoms with Gasteiger partial charge in [0, 0.05) is 42.2 Å². The number of benzene rings is 2. The van der Waals surface area contributed by atoms with Crippen LogP contribution in [0.15, 0.2) is 47.4 Å². The molecule has 152 valence electrons. The third-order valence-corrected chi connectivity index (χ3v) is 5.94. The molecule has 0 spiro atoms. The predicted octanol–water partition coefficient (Wildman–Crippen LogP) is 3.41. The Bertz CT molecular complexity index is 922. The van der Waals surface area contributed by atoms with E-state index in [0.717, 1.165) is 17.3 Å². The van der Waals surface area contributed by atoms with E-state index in [1.807, 2.05) is 31.2 Å². The Morgan fingerprint density at radius 1 is 0.931 bits per heavy atom. The SMILES string of the molecule is CC(=O)c1ccc(SCC(=O)N2CCN(C(=O)c3ccc(C)cc3)CC2)c(F)c1. The molecule has 2 aromatic rings. The molecule has 7 heteroatoms. The normalized spacial score (nSPS) is 14.0. The molecule has 1 aliphatic rings. The zero-order valence-corrected chi connectivity index (χ0v) is 17.3. The van der Waals surface area contributed by atoms with Crippen molar-refractivity contribution in [1.82, 2.24) is 9.80 Å². The highest BCUT2D eigenvalue weighted by molar-refractivity contribution is 8.00. The van der Waals surface area contributed by atoms with Crippen LogP contribution in [0.2, 0.25) is 0 Å². The molecule has 0 N–H and O–H groups in total. The van der Waals surface area contributed by atoms with Crippen molar-refractivity contribution in [1.29, 1.82) is 0 Å². The molecule has 1 saturated heterocycles. The molecule has 1 heterocycles. The van der Waals surface area contributed by atoms with Gasteiger partial charge in [0.05, 0.1) is 5.75 Å². The quantitative estimate of drug-likeness (QED) is 0.556. The van der Waals surface area contributed by atoms with Crippen molar-refractivity contribution in [3.8, 4) is 0 Å². The number of piperazine rings is 1. The van der Waals surface area contributed by atoms with Gasteiger partial charge in [-0.25, -0.2) is 4.39 Å². The summed E-state index contributed by atoms with van der Waals surface area (Å²) in [6.07, 6.45) is 0. The molecule has 0 saturated carbocycles. The highest BCUT2D eigenvalue weighted by atomic mass is 32.2. The Hall–Kier alpha value is -2.67. The first kappa shape index (κ1) is 21.0. The van der Waals surface area contributed by atoms with Crippen LogP contribution >= 0.6 is 11.8 Å². The summed E-state index contributed by atoms with van der Waals surface area (Å²) >= 11 is 1.12. The van der Waals surface area contributed by atoms with Crippen LogP contribution in [-0.2, 0) is 4.79 Å². The van der Waals surface area contributed by atoms with Crippen LogP contribution in [0.5, 0.6) is 0 Å². The summed E-state index contributed by atoms with van der Waals surface area (Å²) in [5.41, 5.74) is 2.06. The molecule has 0 radical (unpaired) electrons. The predicted molar refractivity (Wildman–Crippen MR) is 111 cm³/mol. The van der Waals surface area contributed by atoms with Gasteiger partial charge in [-0.3, -0.25) is 14.4 Å². The van der Waals surface area contributed by atoms with E-state index in [1.165, 1.54) is 19.1 Å². The molecule has 3 rings (SSSR count). The summed E-state index contributed by atoms with van der Waals surface area (Å²) in [7, 11) is 0. The van der Waals surface area contributed by atoms with Gasteiger partial charge in [-0.05, 0) is 38.1 Å². The number of halogens is 1. The lowest BCUT2D eigenvalue weighted by molar-refractivity contribution is -0.129. The number of Topliss-reactive ketones (excluding diaryl/α,β-unsaturated/α-hetero) is 1. The molecule has 5 nitrogen and oxygen atoms in total. The Kier molecular flexibility index (Phi) is 6.69. The standard InChI is InChI=1S/C22H23FN2O3S/c1-15-3-5-17(6-4-15)22(28)25-11-9-24(10-12-25)21(27)14-29-20-8-7-18(16(2)26)13-19(20)23/h3-8,13H,9-12,14H2,1-2H3. The molecule has 0 unspecified atom stereocenters. The molecule has 0 aliphatic carbocycles. The second-order valence-electron chi connectivity index (χ2n) is 7.03. The Morgan fingerprint density at radius 2 is 1.52 bits per heavy atom. The van der Waals surface area contributed by atoms with E-state index in [-0.39, 0.29) is 23.4 Å². The van der Waals surface area contributed by atoms with E-state index >= 15 is 0 Å². The van der Waals surface area contributed by atoms with E-state index < -0.39 is 5.82 Å². The molecule has 1 aliphatic heterocycles. The number of hydrogen-bond acceptors (Lipinski definition) is 4. The lowest BCUT2D eigenvalue weighted by Gasteiger charge is -2.34. The smallest absolute Gasteiger partial charge is 0.253 e. The Morgan fingerprint density at radius 3 is 2.10 bits per heavy atom. The summed E-state index contributed by atoms with van der Waals surface area (Å²) < 4.78 is 14.1. The van der Waals surface area contributed by atoms with Crippen molar-refractivity contribution >= 4 is 29.4 Å². The van der Waals surface area contributed by atoms with Crippen molar-refractivity contribution in [2.45, 2.75) is 18.7 Å². The summed E-state index contributed by atoms with van der Waals surface area (Å²) in [5.74, 6) is -0.701. The Balaban J connectivity index is 1.50. The molecule has 2 aromatic carbocycles. The van der Waals surface area contributed by atoms with Gasteiger partial charge in [0.25, 0.3) is 5.91 Å². The van der Waals surface area contributed by atoms with Crippen molar-refractivity contribution < 1.29 is 18.8 Å². The fourth-order valence-corrected chi connectivity index (χ4v) is 3.93. The maximum Gasteiger partial charge on any atom is 0.253 e. The number of ketones is 1. The average Bonchev–Trinajstić information content (AvgIpc) is 2.72. The molecule has 1 fully saturated rings. The van der Waals surface area contributed by atoms with Crippen molar-refractivity contribution in [3.63, 3.8) is 0 Å². The highest BCUT2D eigenvalue weighted by Crippen LogP contribution is 2.23. The molecule has 0 aromatic heterocycles. The number of carbonyl (C=O) groups is 3. The molecule has 29 heavy (non-hydrogen) atoms. The van der Waals surface area contributed by atoms with Gasteiger partial charge >= 0.3 is 0 Å². The van der Waals surface area contributed by atoms with E-state index in [9.17, 15) is 18.8 Å². The zero-order valence-electron chi connectivity index (χ0n) is 16.5. The second-order valence-corrected chi connectivity index (χ2v) is 8.05. The van der Waals surface area contributed by atoms with Gasteiger partial charge in [-0.2, -0.15) is 0 Å². The number of amides is 2. The van der Waals surface area contributed by atoms with Crippen LogP contribution in [0.4, 0.5) is 4.39 Å². The van der Waals surface area contributed by atoms with Gasteiger partial charge in [0.1, 0.15) is 5.82 Å². The topological polar surface area (TPSA) is 57.7 Å². The van der Waals surface area contributed by atoms with Crippen molar-refractivity contribution in [3.05, 3.63) is 65.0 Å². The van der Waals surface area contributed by atoms with Gasteiger partial charge in [-0.15, -0.1) is 11.8 Å². The summed E-state index contributed by atoms with van der Waals surface area (Å²) in [6, 6.07) is 11.7. The van der Waals surface area contributed by atoms with Crippen LogP contribution in [-0.4, -0.2) is 59.3 Å². The van der Waals surface area contributed by atoms with E-state index in [0.29, 0.717) is 42.2 Å². The molecular formula is C22H23FN2O3S. The minimum Gasteiger partial charge on any atom is -0.338 e. The summed E-state index contributed by atoms with van der Waals surface area (Å²) in [6.45, 7) is 5.23. The van der Waals surface area contributed by atoms with E-state index in [4.69, 9.17) is 0 Å². The van der Waals surface area contributed by atoms with Crippen LogP contribution in [0.1, 0.15) is 33.2 Å². The molecule has 0 atom stereocenters. The van der Waals surface area contributed by atoms with Crippen LogP contribution in [0.25, 0.3) is 0 Å². The van der Waals surface area contributed by atoms with Crippen molar-refractivity contribution in [2.24, 2.45) is 0 Å².